The van der Waals surface area contributed by atoms with Gasteiger partial charge in [-0.1, -0.05) is 0 Å². The van der Waals surface area contributed by atoms with Gasteiger partial charge in [-0.05, 0) is 20.8 Å². The fourth-order valence-corrected chi connectivity index (χ4v) is 1.81. The zero-order valence-corrected chi connectivity index (χ0v) is 12.3. The maximum atomic E-state index is 11.8. The summed E-state index contributed by atoms with van der Waals surface area (Å²) in [6.07, 6.45) is 0.0830. The molecule has 0 bridgehead atoms. The van der Waals surface area contributed by atoms with Crippen LogP contribution in [0.4, 0.5) is 4.79 Å². The Hall–Kier alpha value is -1.30. The number of nitrogens with zero attached hydrogens (tertiary/aromatic N) is 2. The average Bonchev–Trinajstić information content (AvgIpc) is 2.34. The van der Waals surface area contributed by atoms with Crippen LogP contribution in [-0.4, -0.2) is 67.3 Å². The Bertz CT molecular complexity index is 317. The second-order valence-corrected chi connectivity index (χ2v) is 5.59. The van der Waals surface area contributed by atoms with Crippen molar-refractivity contribution in [3.05, 3.63) is 0 Å². The van der Waals surface area contributed by atoms with Crippen LogP contribution in [0.5, 0.6) is 0 Å². The highest BCUT2D eigenvalue weighted by molar-refractivity contribution is 5.77. The van der Waals surface area contributed by atoms with Gasteiger partial charge in [0, 0.05) is 33.3 Å². The van der Waals surface area contributed by atoms with Crippen molar-refractivity contribution in [3.8, 4) is 0 Å². The summed E-state index contributed by atoms with van der Waals surface area (Å²) >= 11 is 0. The lowest BCUT2D eigenvalue weighted by molar-refractivity contribution is -0.133. The van der Waals surface area contributed by atoms with E-state index in [1.807, 2.05) is 20.8 Å². The Labute approximate surface area is 114 Å². The Morgan fingerprint density at radius 2 is 1.58 bits per heavy atom. The lowest BCUT2D eigenvalue weighted by Gasteiger charge is -2.35. The number of methoxy groups -OCH3 is 1. The molecule has 2 amide bonds. The van der Waals surface area contributed by atoms with Crippen molar-refractivity contribution in [3.63, 3.8) is 0 Å². The molecule has 1 aliphatic rings. The molecule has 0 N–H and O–H groups in total. The van der Waals surface area contributed by atoms with Crippen LogP contribution in [0.1, 0.15) is 27.2 Å². The zero-order chi connectivity index (χ0) is 14.5. The molecule has 0 radical (unpaired) electrons. The summed E-state index contributed by atoms with van der Waals surface area (Å²) in [6, 6.07) is 0. The maximum Gasteiger partial charge on any atom is 0.410 e. The first kappa shape index (κ1) is 15.8. The zero-order valence-electron chi connectivity index (χ0n) is 12.3. The molecule has 0 aromatic carbocycles. The molecule has 0 spiro atoms. The van der Waals surface area contributed by atoms with Crippen molar-refractivity contribution in [2.24, 2.45) is 0 Å². The number of hydrogen-bond acceptors (Lipinski definition) is 4. The first-order chi connectivity index (χ1) is 8.83. The molecule has 0 aromatic rings. The molecule has 1 heterocycles. The van der Waals surface area contributed by atoms with Gasteiger partial charge in [0.15, 0.2) is 0 Å². The van der Waals surface area contributed by atoms with Crippen LogP contribution in [0.2, 0.25) is 0 Å². The number of ether oxygens (including phenoxy) is 2. The number of amides is 2. The molecule has 1 saturated heterocycles. The molecular formula is C13H24N2O4. The molecule has 0 aromatic heterocycles. The van der Waals surface area contributed by atoms with Gasteiger partial charge in [-0.3, -0.25) is 4.79 Å². The normalized spacial score (nSPS) is 16.4. The first-order valence-electron chi connectivity index (χ1n) is 6.58. The maximum absolute atomic E-state index is 11.8. The molecule has 6 nitrogen and oxygen atoms in total. The summed E-state index contributed by atoms with van der Waals surface area (Å²) in [5.41, 5.74) is -0.484. The smallest absolute Gasteiger partial charge is 0.410 e. The highest BCUT2D eigenvalue weighted by atomic mass is 16.6. The van der Waals surface area contributed by atoms with E-state index >= 15 is 0 Å². The average molecular weight is 272 g/mol. The quantitative estimate of drug-likeness (QED) is 0.772. The van der Waals surface area contributed by atoms with Crippen LogP contribution in [-0.2, 0) is 14.3 Å². The second kappa shape index (κ2) is 6.75. The highest BCUT2D eigenvalue weighted by Crippen LogP contribution is 2.12. The Balaban J connectivity index is 2.36. The van der Waals surface area contributed by atoms with Crippen LogP contribution in [0.25, 0.3) is 0 Å². The van der Waals surface area contributed by atoms with E-state index in [9.17, 15) is 9.59 Å². The van der Waals surface area contributed by atoms with Crippen molar-refractivity contribution >= 4 is 12.0 Å². The molecular weight excluding hydrogens is 248 g/mol. The van der Waals surface area contributed by atoms with Crippen LogP contribution in [0, 0.1) is 0 Å². The molecule has 0 aliphatic carbocycles. The number of hydrogen-bond donors (Lipinski definition) is 0. The van der Waals surface area contributed by atoms with E-state index < -0.39 is 5.60 Å². The van der Waals surface area contributed by atoms with E-state index in [-0.39, 0.29) is 12.0 Å². The summed E-state index contributed by atoms with van der Waals surface area (Å²) in [7, 11) is 1.58. The number of piperazine rings is 1. The number of rotatable bonds is 3. The molecule has 0 unspecified atom stereocenters. The Kier molecular flexibility index (Phi) is 5.60. The lowest BCUT2D eigenvalue weighted by atomic mass is 10.2. The molecule has 0 saturated carbocycles. The van der Waals surface area contributed by atoms with Crippen molar-refractivity contribution in [1.29, 1.82) is 0 Å². The van der Waals surface area contributed by atoms with Crippen LogP contribution in [0.3, 0.4) is 0 Å². The summed E-state index contributed by atoms with van der Waals surface area (Å²) < 4.78 is 10.2. The third kappa shape index (κ3) is 5.46. The van der Waals surface area contributed by atoms with E-state index in [0.29, 0.717) is 39.2 Å². The summed E-state index contributed by atoms with van der Waals surface area (Å²) in [5.74, 6) is 0.0747. The van der Waals surface area contributed by atoms with Gasteiger partial charge in [-0.15, -0.1) is 0 Å². The molecule has 110 valence electrons. The minimum atomic E-state index is -0.484. The topological polar surface area (TPSA) is 59.1 Å². The van der Waals surface area contributed by atoms with Gasteiger partial charge in [0.1, 0.15) is 5.60 Å². The number of carbonyl (C=O) groups is 2. The summed E-state index contributed by atoms with van der Waals surface area (Å²) in [6.45, 7) is 8.12. The third-order valence-corrected chi connectivity index (χ3v) is 2.80. The number of carbonyl (C=O) groups excluding carboxylic acids is 2. The molecule has 1 rings (SSSR count). The van der Waals surface area contributed by atoms with E-state index in [1.165, 1.54) is 0 Å². The summed E-state index contributed by atoms with van der Waals surface area (Å²) in [4.78, 5) is 27.0. The molecule has 6 heteroatoms. The van der Waals surface area contributed by atoms with E-state index in [2.05, 4.69) is 0 Å². The van der Waals surface area contributed by atoms with Gasteiger partial charge >= 0.3 is 6.09 Å². The van der Waals surface area contributed by atoms with Crippen LogP contribution in [0.15, 0.2) is 0 Å². The largest absolute Gasteiger partial charge is 0.444 e. The third-order valence-electron chi connectivity index (χ3n) is 2.80. The fourth-order valence-electron chi connectivity index (χ4n) is 1.81. The van der Waals surface area contributed by atoms with Crippen LogP contribution < -0.4 is 0 Å². The molecule has 1 fully saturated rings. The van der Waals surface area contributed by atoms with Crippen molar-refractivity contribution in [2.45, 2.75) is 32.8 Å². The van der Waals surface area contributed by atoms with Gasteiger partial charge in [0.2, 0.25) is 5.91 Å². The van der Waals surface area contributed by atoms with Gasteiger partial charge in [0.25, 0.3) is 0 Å². The lowest BCUT2D eigenvalue weighted by Crippen LogP contribution is -2.51. The standard InChI is InChI=1S/C13H24N2O4/c1-13(2,3)19-12(17)15-8-6-14(7-9-15)11(16)5-10-18-4/h5-10H2,1-4H3. The van der Waals surface area contributed by atoms with Crippen molar-refractivity contribution < 1.29 is 19.1 Å². The molecule has 0 atom stereocenters. The molecule has 1 aliphatic heterocycles. The fraction of sp³-hybridized carbons (Fsp3) is 0.846. The van der Waals surface area contributed by atoms with Crippen molar-refractivity contribution in [2.75, 3.05) is 39.9 Å². The SMILES string of the molecule is COCCC(=O)N1CCN(C(=O)OC(C)(C)C)CC1. The van der Waals surface area contributed by atoms with Gasteiger partial charge in [0.05, 0.1) is 13.0 Å². The monoisotopic (exact) mass is 272 g/mol. The highest BCUT2D eigenvalue weighted by Gasteiger charge is 2.27. The van der Waals surface area contributed by atoms with Gasteiger partial charge < -0.3 is 19.3 Å². The minimum Gasteiger partial charge on any atom is -0.444 e. The second-order valence-electron chi connectivity index (χ2n) is 5.59. The van der Waals surface area contributed by atoms with E-state index in [0.717, 1.165) is 0 Å². The van der Waals surface area contributed by atoms with E-state index in [4.69, 9.17) is 9.47 Å². The Morgan fingerprint density at radius 1 is 1.05 bits per heavy atom. The van der Waals surface area contributed by atoms with Gasteiger partial charge in [-0.2, -0.15) is 0 Å². The molecule has 19 heavy (non-hydrogen) atoms. The first-order valence-corrected chi connectivity index (χ1v) is 6.58. The van der Waals surface area contributed by atoms with Crippen LogP contribution >= 0.6 is 0 Å². The Morgan fingerprint density at radius 3 is 2.05 bits per heavy atom. The van der Waals surface area contributed by atoms with Crippen molar-refractivity contribution in [1.82, 2.24) is 9.80 Å². The van der Waals surface area contributed by atoms with E-state index in [1.54, 1.807) is 16.9 Å². The predicted octanol–water partition coefficient (Wildman–Crippen LogP) is 1.10. The summed E-state index contributed by atoms with van der Waals surface area (Å²) in [5, 5.41) is 0. The van der Waals surface area contributed by atoms with Gasteiger partial charge in [-0.25, -0.2) is 4.79 Å². The predicted molar refractivity (Wildman–Crippen MR) is 70.9 cm³/mol. The minimum absolute atomic E-state index is 0.0747.